The monoisotopic (exact) mass is 216 g/mol. The minimum absolute atomic E-state index is 0.117. The Morgan fingerprint density at radius 2 is 2.55 bits per heavy atom. The standard InChI is InChI=1S/C7H8N2OSe/c1-5-4-6(10)9-2-3-11-7(9)8-5/h4H,2-3H2,1H3. The molecule has 0 atom stereocenters. The third-order valence-electron chi connectivity index (χ3n) is 1.65. The van der Waals surface area contributed by atoms with Crippen LogP contribution in [0.4, 0.5) is 0 Å². The van der Waals surface area contributed by atoms with Crippen molar-refractivity contribution in [1.82, 2.24) is 9.55 Å². The Hall–Kier alpha value is -0.601. The summed E-state index contributed by atoms with van der Waals surface area (Å²) in [5, 5.41) is 1.12. The van der Waals surface area contributed by atoms with Crippen LogP contribution in [-0.2, 0) is 6.54 Å². The number of aromatic nitrogens is 2. The van der Waals surface area contributed by atoms with Gasteiger partial charge in [0.05, 0.1) is 0 Å². The van der Waals surface area contributed by atoms with Crippen molar-refractivity contribution in [1.29, 1.82) is 0 Å². The topological polar surface area (TPSA) is 34.9 Å². The molecule has 0 saturated heterocycles. The molecule has 1 aromatic heterocycles. The number of nitrogens with zero attached hydrogens (tertiary/aromatic N) is 2. The van der Waals surface area contributed by atoms with Gasteiger partial charge in [0.2, 0.25) is 0 Å². The molecule has 3 nitrogen and oxygen atoms in total. The Balaban J connectivity index is 2.70. The number of aryl methyl sites for hydroxylation is 1. The van der Waals surface area contributed by atoms with Crippen LogP contribution in [0.25, 0.3) is 0 Å². The van der Waals surface area contributed by atoms with Gasteiger partial charge in [0.25, 0.3) is 0 Å². The van der Waals surface area contributed by atoms with E-state index in [1.54, 1.807) is 10.6 Å². The van der Waals surface area contributed by atoms with Crippen molar-refractivity contribution in [2.45, 2.75) is 18.8 Å². The second-order valence-corrected chi connectivity index (χ2v) is 4.75. The summed E-state index contributed by atoms with van der Waals surface area (Å²) < 4.78 is 2.80. The molecule has 4 heteroatoms. The second-order valence-electron chi connectivity index (χ2n) is 2.52. The zero-order valence-electron chi connectivity index (χ0n) is 6.20. The Kier molecular flexibility index (Phi) is 1.58. The zero-order valence-corrected chi connectivity index (χ0v) is 7.92. The van der Waals surface area contributed by atoms with Crippen molar-refractivity contribution in [2.75, 3.05) is 0 Å². The first-order valence-corrected chi connectivity index (χ1v) is 5.55. The molecule has 1 aromatic rings. The van der Waals surface area contributed by atoms with Crippen molar-refractivity contribution in [3.63, 3.8) is 0 Å². The van der Waals surface area contributed by atoms with Gasteiger partial charge in [0, 0.05) is 0 Å². The van der Waals surface area contributed by atoms with Gasteiger partial charge in [-0.15, -0.1) is 0 Å². The van der Waals surface area contributed by atoms with E-state index < -0.39 is 0 Å². The van der Waals surface area contributed by atoms with Crippen LogP contribution in [-0.4, -0.2) is 24.5 Å². The van der Waals surface area contributed by atoms with E-state index in [0.29, 0.717) is 15.0 Å². The molecule has 0 saturated carbocycles. The predicted octanol–water partition coefficient (Wildman–Crippen LogP) is -0.687. The number of hydrogen-bond acceptors (Lipinski definition) is 2. The maximum absolute atomic E-state index is 11.3. The molecule has 0 amide bonds. The van der Waals surface area contributed by atoms with Gasteiger partial charge >= 0.3 is 70.1 Å². The average molecular weight is 215 g/mol. The van der Waals surface area contributed by atoms with Gasteiger partial charge in [-0.25, -0.2) is 0 Å². The molecule has 2 rings (SSSR count). The van der Waals surface area contributed by atoms with Crippen molar-refractivity contribution in [3.8, 4) is 0 Å². The third-order valence-corrected chi connectivity index (χ3v) is 3.65. The Morgan fingerprint density at radius 3 is 3.36 bits per heavy atom. The van der Waals surface area contributed by atoms with Gasteiger partial charge in [-0.2, -0.15) is 0 Å². The van der Waals surface area contributed by atoms with Gasteiger partial charge in [-0.1, -0.05) is 0 Å². The van der Waals surface area contributed by atoms with Crippen LogP contribution in [0.2, 0.25) is 5.32 Å². The fourth-order valence-corrected chi connectivity index (χ4v) is 3.24. The summed E-state index contributed by atoms with van der Waals surface area (Å²) in [6.45, 7) is 2.75. The van der Waals surface area contributed by atoms with Gasteiger partial charge < -0.3 is 0 Å². The number of hydrogen-bond donors (Lipinski definition) is 0. The molecule has 0 unspecified atom stereocenters. The first kappa shape index (κ1) is 7.07. The minimum atomic E-state index is 0.117. The molecule has 2 heterocycles. The summed E-state index contributed by atoms with van der Waals surface area (Å²) in [4.78, 5) is 15.6. The predicted molar refractivity (Wildman–Crippen MR) is 43.4 cm³/mol. The summed E-state index contributed by atoms with van der Waals surface area (Å²) in [6, 6.07) is 1.60. The molecule has 0 spiro atoms. The molecular weight excluding hydrogens is 207 g/mol. The molecule has 0 fully saturated rings. The summed E-state index contributed by atoms with van der Waals surface area (Å²) in [6.07, 6.45) is 0. The van der Waals surface area contributed by atoms with Crippen LogP contribution in [0.5, 0.6) is 0 Å². The van der Waals surface area contributed by atoms with Crippen LogP contribution < -0.4 is 10.3 Å². The Morgan fingerprint density at radius 1 is 1.73 bits per heavy atom. The maximum atomic E-state index is 11.3. The van der Waals surface area contributed by atoms with E-state index >= 15 is 0 Å². The van der Waals surface area contributed by atoms with Crippen LogP contribution in [0.15, 0.2) is 10.9 Å². The Bertz CT molecular complexity index is 345. The fourth-order valence-electron chi connectivity index (χ4n) is 1.14. The van der Waals surface area contributed by atoms with E-state index in [2.05, 4.69) is 4.98 Å². The zero-order chi connectivity index (χ0) is 7.84. The van der Waals surface area contributed by atoms with Crippen LogP contribution in [0.1, 0.15) is 5.69 Å². The van der Waals surface area contributed by atoms with E-state index in [-0.39, 0.29) is 5.56 Å². The van der Waals surface area contributed by atoms with Crippen molar-refractivity contribution >= 4 is 19.7 Å². The molecular formula is C7H8N2OSe. The van der Waals surface area contributed by atoms with E-state index in [4.69, 9.17) is 0 Å². The molecule has 0 aromatic carbocycles. The molecule has 1 aliphatic rings. The van der Waals surface area contributed by atoms with Gasteiger partial charge in [-0.05, 0) is 0 Å². The van der Waals surface area contributed by atoms with Crippen LogP contribution in [0.3, 0.4) is 0 Å². The van der Waals surface area contributed by atoms with Crippen LogP contribution in [0, 0.1) is 6.92 Å². The molecule has 0 aliphatic carbocycles. The molecule has 1 aliphatic heterocycles. The van der Waals surface area contributed by atoms with Crippen molar-refractivity contribution in [3.05, 3.63) is 22.1 Å². The molecule has 58 valence electrons. The van der Waals surface area contributed by atoms with E-state index in [9.17, 15) is 4.79 Å². The summed E-state index contributed by atoms with van der Waals surface area (Å²) in [5.74, 6) is 0. The number of rotatable bonds is 0. The first-order valence-electron chi connectivity index (χ1n) is 3.48. The van der Waals surface area contributed by atoms with Gasteiger partial charge in [-0.3, -0.25) is 0 Å². The van der Waals surface area contributed by atoms with E-state index in [0.717, 1.165) is 22.3 Å². The second kappa shape index (κ2) is 2.47. The van der Waals surface area contributed by atoms with Crippen molar-refractivity contribution < 1.29 is 0 Å². The first-order chi connectivity index (χ1) is 5.27. The fraction of sp³-hybridized carbons (Fsp3) is 0.429. The molecule has 0 radical (unpaired) electrons. The van der Waals surface area contributed by atoms with E-state index in [1.165, 1.54) is 0 Å². The van der Waals surface area contributed by atoms with Gasteiger partial charge in [0.15, 0.2) is 0 Å². The number of fused-ring (bicyclic) bond motifs is 1. The molecule has 0 N–H and O–H groups in total. The normalized spacial score (nSPS) is 15.0. The Labute approximate surface area is 70.6 Å². The summed E-state index contributed by atoms with van der Waals surface area (Å²) in [5.41, 5.74) is 0.969. The van der Waals surface area contributed by atoms with E-state index in [1.807, 2.05) is 6.92 Å². The quantitative estimate of drug-likeness (QED) is 0.537. The SMILES string of the molecule is Cc1cc(=O)n2c(n1)[Se]CC2. The van der Waals surface area contributed by atoms with Crippen LogP contribution >= 0.6 is 0 Å². The summed E-state index contributed by atoms with van der Waals surface area (Å²) in [7, 11) is 0. The van der Waals surface area contributed by atoms with Gasteiger partial charge in [0.1, 0.15) is 0 Å². The summed E-state index contributed by atoms with van der Waals surface area (Å²) >= 11 is 0.436. The average Bonchev–Trinajstić information content (AvgIpc) is 2.34. The third kappa shape index (κ3) is 1.12. The van der Waals surface area contributed by atoms with Crippen molar-refractivity contribution in [2.24, 2.45) is 0 Å². The molecule has 0 bridgehead atoms. The molecule has 11 heavy (non-hydrogen) atoms.